The highest BCUT2D eigenvalue weighted by Gasteiger charge is 2.22. The van der Waals surface area contributed by atoms with E-state index < -0.39 is 0 Å². The Balaban J connectivity index is 1.40. The molecule has 1 aromatic heterocycles. The standard InChI is InChI=1S/C28H27N3O3/c1-34-21-15-13-20(14-16-21)31-26-12-5-4-10-24(26)29-25(28(31)33)17-18-27(32)30-23-11-6-8-19-7-2-3-9-22(19)23/h2-5,7,9-10,12-16,23H,6,8,11,17-18H2,1H3,(H,30,32)/t23-/m0/s1. The van der Waals surface area contributed by atoms with Gasteiger partial charge in [-0.05, 0) is 66.8 Å². The molecular weight excluding hydrogens is 426 g/mol. The number of nitrogens with zero attached hydrogens (tertiary/aromatic N) is 2. The first kappa shape index (κ1) is 21.9. The van der Waals surface area contributed by atoms with Crippen molar-refractivity contribution in [2.75, 3.05) is 7.11 Å². The van der Waals surface area contributed by atoms with Gasteiger partial charge in [0.1, 0.15) is 11.4 Å². The predicted molar refractivity (Wildman–Crippen MR) is 132 cm³/mol. The van der Waals surface area contributed by atoms with Crippen LogP contribution in [0.15, 0.2) is 77.6 Å². The van der Waals surface area contributed by atoms with Gasteiger partial charge < -0.3 is 10.1 Å². The minimum atomic E-state index is -0.209. The average Bonchev–Trinajstić information content (AvgIpc) is 2.88. The molecule has 0 saturated heterocycles. The zero-order chi connectivity index (χ0) is 23.5. The highest BCUT2D eigenvalue weighted by atomic mass is 16.5. The summed E-state index contributed by atoms with van der Waals surface area (Å²) in [4.78, 5) is 30.9. The molecular formula is C28H27N3O3. The van der Waals surface area contributed by atoms with Crippen LogP contribution in [0.3, 0.4) is 0 Å². The topological polar surface area (TPSA) is 73.2 Å². The molecule has 1 aliphatic carbocycles. The average molecular weight is 454 g/mol. The van der Waals surface area contributed by atoms with Crippen molar-refractivity contribution in [3.8, 4) is 11.4 Å². The number of rotatable bonds is 6. The summed E-state index contributed by atoms with van der Waals surface area (Å²) in [6, 6.07) is 23.2. The number of carbonyl (C=O) groups is 1. The highest BCUT2D eigenvalue weighted by Crippen LogP contribution is 2.29. The van der Waals surface area contributed by atoms with Crippen LogP contribution in [0.4, 0.5) is 0 Å². The predicted octanol–water partition coefficient (Wildman–Crippen LogP) is 4.52. The molecule has 6 heteroatoms. The van der Waals surface area contributed by atoms with Gasteiger partial charge in [0.2, 0.25) is 5.91 Å². The SMILES string of the molecule is COc1ccc(-n2c(=O)c(CCC(=O)N[C@H]3CCCc4ccccc43)nc3ccccc32)cc1. The second-order valence-corrected chi connectivity index (χ2v) is 8.60. The van der Waals surface area contributed by atoms with E-state index >= 15 is 0 Å². The van der Waals surface area contributed by atoms with Crippen LogP contribution in [0.5, 0.6) is 5.75 Å². The molecule has 0 spiro atoms. The maximum Gasteiger partial charge on any atom is 0.277 e. The lowest BCUT2D eigenvalue weighted by molar-refractivity contribution is -0.121. The van der Waals surface area contributed by atoms with Crippen LogP contribution in [0.1, 0.15) is 42.1 Å². The number of para-hydroxylation sites is 2. The third-order valence-corrected chi connectivity index (χ3v) is 6.45. The molecule has 1 N–H and O–H groups in total. The summed E-state index contributed by atoms with van der Waals surface area (Å²) in [5.41, 5.74) is 4.85. The van der Waals surface area contributed by atoms with E-state index in [9.17, 15) is 9.59 Å². The first-order valence-corrected chi connectivity index (χ1v) is 11.7. The number of amides is 1. The molecule has 6 nitrogen and oxygen atoms in total. The van der Waals surface area contributed by atoms with Gasteiger partial charge in [0.15, 0.2) is 0 Å². The van der Waals surface area contributed by atoms with Crippen molar-refractivity contribution < 1.29 is 9.53 Å². The molecule has 4 aromatic rings. The molecule has 1 atom stereocenters. The Labute approximate surface area is 198 Å². The summed E-state index contributed by atoms with van der Waals surface area (Å²) in [7, 11) is 1.61. The number of hydrogen-bond acceptors (Lipinski definition) is 4. The Morgan fingerprint density at radius 2 is 1.82 bits per heavy atom. The van der Waals surface area contributed by atoms with Gasteiger partial charge in [-0.25, -0.2) is 4.98 Å². The lowest BCUT2D eigenvalue weighted by atomic mass is 9.87. The van der Waals surface area contributed by atoms with Gasteiger partial charge in [0.05, 0.1) is 24.2 Å². The van der Waals surface area contributed by atoms with Crippen LogP contribution in [-0.4, -0.2) is 22.6 Å². The number of methoxy groups -OCH3 is 1. The summed E-state index contributed by atoms with van der Waals surface area (Å²) in [6.07, 6.45) is 3.53. The Hall–Kier alpha value is -3.93. The van der Waals surface area contributed by atoms with E-state index in [-0.39, 0.29) is 30.3 Å². The van der Waals surface area contributed by atoms with E-state index in [1.54, 1.807) is 11.7 Å². The van der Waals surface area contributed by atoms with E-state index in [1.165, 1.54) is 11.1 Å². The Morgan fingerprint density at radius 1 is 1.06 bits per heavy atom. The minimum Gasteiger partial charge on any atom is -0.497 e. The van der Waals surface area contributed by atoms with Gasteiger partial charge in [0, 0.05) is 18.5 Å². The van der Waals surface area contributed by atoms with E-state index in [0.29, 0.717) is 5.69 Å². The lowest BCUT2D eigenvalue weighted by Gasteiger charge is -2.26. The molecule has 34 heavy (non-hydrogen) atoms. The molecule has 3 aromatic carbocycles. The fourth-order valence-corrected chi connectivity index (χ4v) is 4.73. The zero-order valence-corrected chi connectivity index (χ0v) is 19.2. The van der Waals surface area contributed by atoms with Crippen LogP contribution < -0.4 is 15.6 Å². The number of fused-ring (bicyclic) bond motifs is 2. The van der Waals surface area contributed by atoms with Crippen molar-refractivity contribution in [3.05, 3.63) is 100.0 Å². The maximum atomic E-state index is 13.4. The number of aryl methyl sites for hydroxylation is 2. The molecule has 0 fully saturated rings. The second kappa shape index (κ2) is 9.51. The van der Waals surface area contributed by atoms with Crippen LogP contribution in [-0.2, 0) is 17.6 Å². The van der Waals surface area contributed by atoms with Gasteiger partial charge in [-0.3, -0.25) is 14.2 Å². The summed E-state index contributed by atoms with van der Waals surface area (Å²) in [6.45, 7) is 0. The van der Waals surface area contributed by atoms with Gasteiger partial charge in [-0.15, -0.1) is 0 Å². The van der Waals surface area contributed by atoms with Crippen LogP contribution >= 0.6 is 0 Å². The number of aromatic nitrogens is 2. The Kier molecular flexibility index (Phi) is 6.12. The van der Waals surface area contributed by atoms with Crippen LogP contribution in [0, 0.1) is 0 Å². The fourth-order valence-electron chi connectivity index (χ4n) is 4.73. The monoisotopic (exact) mass is 453 g/mol. The molecule has 0 saturated carbocycles. The van der Waals surface area contributed by atoms with Crippen molar-refractivity contribution >= 4 is 16.9 Å². The number of hydrogen-bond donors (Lipinski definition) is 1. The fraction of sp³-hybridized carbons (Fsp3) is 0.250. The van der Waals surface area contributed by atoms with Crippen LogP contribution in [0.2, 0.25) is 0 Å². The first-order valence-electron chi connectivity index (χ1n) is 11.7. The van der Waals surface area contributed by atoms with E-state index in [1.807, 2.05) is 60.7 Å². The summed E-state index contributed by atoms with van der Waals surface area (Å²) < 4.78 is 6.91. The zero-order valence-electron chi connectivity index (χ0n) is 19.2. The lowest BCUT2D eigenvalue weighted by Crippen LogP contribution is -2.32. The van der Waals surface area contributed by atoms with Crippen molar-refractivity contribution in [1.82, 2.24) is 14.9 Å². The third kappa shape index (κ3) is 4.31. The largest absolute Gasteiger partial charge is 0.497 e. The van der Waals surface area contributed by atoms with E-state index in [4.69, 9.17) is 4.74 Å². The van der Waals surface area contributed by atoms with Gasteiger partial charge in [-0.1, -0.05) is 36.4 Å². The molecule has 0 unspecified atom stereocenters. The molecule has 5 rings (SSSR count). The Morgan fingerprint density at radius 3 is 2.65 bits per heavy atom. The van der Waals surface area contributed by atoms with Crippen molar-refractivity contribution in [2.45, 2.75) is 38.1 Å². The number of carbonyl (C=O) groups excluding carboxylic acids is 1. The molecule has 1 aliphatic rings. The summed E-state index contributed by atoms with van der Waals surface area (Å²) in [5.74, 6) is 0.656. The molecule has 1 amide bonds. The van der Waals surface area contributed by atoms with Crippen LogP contribution in [0.25, 0.3) is 16.7 Å². The van der Waals surface area contributed by atoms with Gasteiger partial charge in [0.25, 0.3) is 5.56 Å². The summed E-state index contributed by atoms with van der Waals surface area (Å²) in [5, 5.41) is 3.17. The van der Waals surface area contributed by atoms with E-state index in [2.05, 4.69) is 22.4 Å². The van der Waals surface area contributed by atoms with Crippen molar-refractivity contribution in [3.63, 3.8) is 0 Å². The molecule has 1 heterocycles. The van der Waals surface area contributed by atoms with Gasteiger partial charge >= 0.3 is 0 Å². The molecule has 0 aliphatic heterocycles. The first-order chi connectivity index (χ1) is 16.6. The maximum absolute atomic E-state index is 13.4. The third-order valence-electron chi connectivity index (χ3n) is 6.45. The highest BCUT2D eigenvalue weighted by molar-refractivity contribution is 5.78. The van der Waals surface area contributed by atoms with E-state index in [0.717, 1.165) is 41.7 Å². The van der Waals surface area contributed by atoms with Crippen molar-refractivity contribution in [1.29, 1.82) is 0 Å². The second-order valence-electron chi connectivity index (χ2n) is 8.60. The summed E-state index contributed by atoms with van der Waals surface area (Å²) >= 11 is 0. The quantitative estimate of drug-likeness (QED) is 0.466. The molecule has 172 valence electrons. The minimum absolute atomic E-state index is 0.0259. The normalized spacial score (nSPS) is 15.0. The number of benzene rings is 3. The smallest absolute Gasteiger partial charge is 0.277 e. The van der Waals surface area contributed by atoms with Gasteiger partial charge in [-0.2, -0.15) is 0 Å². The van der Waals surface area contributed by atoms with Crippen molar-refractivity contribution in [2.24, 2.45) is 0 Å². The molecule has 0 radical (unpaired) electrons. The number of nitrogens with one attached hydrogen (secondary N) is 1. The Bertz CT molecular complexity index is 1390. The number of ether oxygens (including phenoxy) is 1. The molecule has 0 bridgehead atoms.